The predicted molar refractivity (Wildman–Crippen MR) is 210 cm³/mol. The van der Waals surface area contributed by atoms with E-state index in [1.165, 1.54) is 77.0 Å². The second-order valence-corrected chi connectivity index (χ2v) is 15.5. The van der Waals surface area contributed by atoms with E-state index in [1.807, 2.05) is 0 Å². The minimum atomic E-state index is -1.70. The van der Waals surface area contributed by atoms with Crippen molar-refractivity contribution in [1.82, 2.24) is 0 Å². The average molecular weight is 807 g/mol. The number of aliphatic hydroxyl groups excluding tert-OH is 7. The molecule has 11 atom stereocenters. The third kappa shape index (κ3) is 20.6. The Labute approximate surface area is 335 Å². The maximum Gasteiger partial charge on any atom is 0.306 e. The Morgan fingerprint density at radius 2 is 1.05 bits per heavy atom. The summed E-state index contributed by atoms with van der Waals surface area (Å²) in [5, 5.41) is 71.7. The molecule has 2 heterocycles. The first-order chi connectivity index (χ1) is 27.1. The summed E-state index contributed by atoms with van der Waals surface area (Å²) in [5.74, 6) is -0.385. The van der Waals surface area contributed by atoms with Crippen molar-refractivity contribution in [1.29, 1.82) is 0 Å². The topological polar surface area (TPSA) is 214 Å². The van der Waals surface area contributed by atoms with Crippen molar-refractivity contribution in [2.75, 3.05) is 33.0 Å². The number of hydrogen-bond acceptors (Lipinski definition) is 14. The summed E-state index contributed by atoms with van der Waals surface area (Å²) in [6, 6.07) is 0. The van der Waals surface area contributed by atoms with Gasteiger partial charge in [0.1, 0.15) is 54.9 Å². The van der Waals surface area contributed by atoms with E-state index in [9.17, 15) is 40.5 Å². The first-order valence-corrected chi connectivity index (χ1v) is 21.8. The van der Waals surface area contributed by atoms with E-state index in [-0.39, 0.29) is 25.6 Å². The van der Waals surface area contributed by atoms with Crippen LogP contribution in [0.25, 0.3) is 0 Å². The van der Waals surface area contributed by atoms with E-state index >= 15 is 0 Å². The maximum atomic E-state index is 12.8. The molecule has 2 saturated heterocycles. The summed E-state index contributed by atoms with van der Waals surface area (Å²) in [6.07, 6.45) is 11.7. The smallest absolute Gasteiger partial charge is 0.306 e. The molecule has 0 amide bonds. The molecule has 0 spiro atoms. The third-order valence-corrected chi connectivity index (χ3v) is 10.5. The second kappa shape index (κ2) is 31.6. The van der Waals surface area contributed by atoms with Crippen LogP contribution in [-0.4, -0.2) is 142 Å². The van der Waals surface area contributed by atoms with Gasteiger partial charge in [0.05, 0.1) is 26.4 Å². The van der Waals surface area contributed by atoms with Crippen molar-refractivity contribution in [3.63, 3.8) is 0 Å². The molecule has 0 aromatic carbocycles. The van der Waals surface area contributed by atoms with Crippen LogP contribution in [0.5, 0.6) is 0 Å². The fraction of sp³-hybridized carbons (Fsp3) is 0.929. The van der Waals surface area contributed by atoms with Crippen LogP contribution in [0, 0.1) is 0 Å². The van der Waals surface area contributed by atoms with E-state index in [0.717, 1.165) is 44.9 Å². The van der Waals surface area contributed by atoms with Gasteiger partial charge in [-0.05, 0) is 38.5 Å². The number of aliphatic hydroxyl groups is 7. The maximum absolute atomic E-state index is 12.8. The number of carbonyl (C=O) groups excluding carboxylic acids is 1. The second-order valence-electron chi connectivity index (χ2n) is 15.5. The SMILES string of the molecule is CCCCCCC/C=C\CCCCCCCCOCC(COC1OC(COC2OC(CO)C(O)C(O)C2O)C(O)C(O)C1O)OC(=O)CCCCCCCCC. The summed E-state index contributed by atoms with van der Waals surface area (Å²) < 4.78 is 34.0. The lowest BCUT2D eigenvalue weighted by molar-refractivity contribution is -0.332. The highest BCUT2D eigenvalue weighted by Crippen LogP contribution is 2.26. The fourth-order valence-corrected chi connectivity index (χ4v) is 6.87. The summed E-state index contributed by atoms with van der Waals surface area (Å²) in [6.45, 7) is 3.60. The van der Waals surface area contributed by atoms with Crippen molar-refractivity contribution in [3.05, 3.63) is 12.2 Å². The van der Waals surface area contributed by atoms with Crippen molar-refractivity contribution >= 4 is 5.97 Å². The van der Waals surface area contributed by atoms with E-state index in [0.29, 0.717) is 13.0 Å². The first-order valence-electron chi connectivity index (χ1n) is 21.8. The predicted octanol–water partition coefficient (Wildman–Crippen LogP) is 4.34. The van der Waals surface area contributed by atoms with Gasteiger partial charge < -0.3 is 64.2 Å². The molecule has 0 radical (unpaired) electrons. The first kappa shape index (κ1) is 50.9. The van der Waals surface area contributed by atoms with Crippen molar-refractivity contribution < 1.29 is 69.0 Å². The molecule has 2 aliphatic heterocycles. The minimum absolute atomic E-state index is 0.0609. The highest BCUT2D eigenvalue weighted by molar-refractivity contribution is 5.69. The van der Waals surface area contributed by atoms with Crippen molar-refractivity contribution in [3.8, 4) is 0 Å². The van der Waals surface area contributed by atoms with Gasteiger partial charge >= 0.3 is 5.97 Å². The van der Waals surface area contributed by atoms with Crippen LogP contribution in [0.4, 0.5) is 0 Å². The summed E-state index contributed by atoms with van der Waals surface area (Å²) in [4.78, 5) is 12.8. The van der Waals surface area contributed by atoms with E-state index < -0.39 is 80.7 Å². The van der Waals surface area contributed by atoms with Crippen LogP contribution in [0.3, 0.4) is 0 Å². The Hall–Kier alpha value is -1.27. The van der Waals surface area contributed by atoms with Crippen LogP contribution in [0.15, 0.2) is 12.2 Å². The molecule has 7 N–H and O–H groups in total. The van der Waals surface area contributed by atoms with Gasteiger partial charge in [0.15, 0.2) is 12.6 Å². The number of ether oxygens (including phenoxy) is 6. The highest BCUT2D eigenvalue weighted by Gasteiger charge is 2.47. The quantitative estimate of drug-likeness (QED) is 0.0279. The van der Waals surface area contributed by atoms with Crippen molar-refractivity contribution in [2.45, 2.75) is 216 Å². The molecule has 56 heavy (non-hydrogen) atoms. The molecular formula is C42H78O14. The zero-order chi connectivity index (χ0) is 41.0. The Morgan fingerprint density at radius 1 is 0.571 bits per heavy atom. The van der Waals surface area contributed by atoms with Crippen LogP contribution >= 0.6 is 0 Å². The molecule has 2 aliphatic rings. The fourth-order valence-electron chi connectivity index (χ4n) is 6.87. The largest absolute Gasteiger partial charge is 0.457 e. The van der Waals surface area contributed by atoms with Gasteiger partial charge in [0, 0.05) is 13.0 Å². The van der Waals surface area contributed by atoms with Gasteiger partial charge in [0.2, 0.25) is 0 Å². The average Bonchev–Trinajstić information content (AvgIpc) is 3.19. The molecule has 2 fully saturated rings. The van der Waals surface area contributed by atoms with Crippen LogP contribution < -0.4 is 0 Å². The Morgan fingerprint density at radius 3 is 1.62 bits per heavy atom. The van der Waals surface area contributed by atoms with Crippen LogP contribution in [0.2, 0.25) is 0 Å². The number of allylic oxidation sites excluding steroid dienone is 2. The van der Waals surface area contributed by atoms with Crippen molar-refractivity contribution in [2.24, 2.45) is 0 Å². The number of unbranched alkanes of at least 4 members (excludes halogenated alkanes) is 17. The highest BCUT2D eigenvalue weighted by atomic mass is 16.7. The van der Waals surface area contributed by atoms with Gasteiger partial charge in [-0.15, -0.1) is 0 Å². The molecule has 14 heteroatoms. The summed E-state index contributed by atoms with van der Waals surface area (Å²) in [7, 11) is 0. The molecule has 0 aromatic rings. The normalized spacial score (nSPS) is 28.9. The summed E-state index contributed by atoms with van der Waals surface area (Å²) in [5.41, 5.74) is 0. The molecule has 0 aromatic heterocycles. The zero-order valence-electron chi connectivity index (χ0n) is 34.4. The summed E-state index contributed by atoms with van der Waals surface area (Å²) >= 11 is 0. The monoisotopic (exact) mass is 807 g/mol. The van der Waals surface area contributed by atoms with Gasteiger partial charge in [-0.25, -0.2) is 0 Å². The molecule has 330 valence electrons. The van der Waals surface area contributed by atoms with E-state index in [4.69, 9.17) is 28.4 Å². The third-order valence-electron chi connectivity index (χ3n) is 10.5. The lowest BCUT2D eigenvalue weighted by Gasteiger charge is -2.42. The van der Waals surface area contributed by atoms with Gasteiger partial charge in [-0.1, -0.05) is 116 Å². The molecule has 14 nitrogen and oxygen atoms in total. The lowest BCUT2D eigenvalue weighted by atomic mass is 9.98. The van der Waals surface area contributed by atoms with E-state index in [1.54, 1.807) is 0 Å². The number of hydrogen-bond donors (Lipinski definition) is 7. The van der Waals surface area contributed by atoms with Crippen LogP contribution in [-0.2, 0) is 33.2 Å². The standard InChI is InChI=1S/C42H78O14/c1-3-5-7-9-11-12-13-14-15-16-17-18-20-22-24-26-51-28-31(54-34(44)25-23-21-19-10-8-6-4-2)29-52-41-40(50)38(48)36(46)33(56-41)30-53-42-39(49)37(47)35(45)32(27-43)55-42/h13-14,31-33,35-43,45-50H,3-12,15-30H2,1-2H3/b14-13-. The number of esters is 1. The Bertz CT molecular complexity index is 985. The zero-order valence-corrected chi connectivity index (χ0v) is 34.4. The molecule has 0 saturated carbocycles. The molecule has 2 rings (SSSR count). The molecular weight excluding hydrogens is 728 g/mol. The number of carbonyl (C=O) groups is 1. The molecule has 0 bridgehead atoms. The van der Waals surface area contributed by atoms with E-state index in [2.05, 4.69) is 26.0 Å². The Balaban J connectivity index is 1.80. The minimum Gasteiger partial charge on any atom is -0.457 e. The van der Waals surface area contributed by atoms with Gasteiger partial charge in [0.25, 0.3) is 0 Å². The Kier molecular flexibility index (Phi) is 28.7. The number of rotatable bonds is 33. The van der Waals surface area contributed by atoms with Crippen LogP contribution in [0.1, 0.15) is 149 Å². The molecule has 0 aliphatic carbocycles. The molecule has 11 unspecified atom stereocenters. The lowest BCUT2D eigenvalue weighted by Crippen LogP contribution is -2.61. The van der Waals surface area contributed by atoms with Gasteiger partial charge in [-0.2, -0.15) is 0 Å². The van der Waals surface area contributed by atoms with Gasteiger partial charge in [-0.3, -0.25) is 4.79 Å².